The molecule has 0 amide bonds. The van der Waals surface area contributed by atoms with Gasteiger partial charge in [-0.05, 0) is 58.4 Å². The molecule has 1 heterocycles. The lowest BCUT2D eigenvalue weighted by Crippen LogP contribution is -2.21. The zero-order valence-electron chi connectivity index (χ0n) is 9.71. The summed E-state index contributed by atoms with van der Waals surface area (Å²) in [4.78, 5) is 1.27. The molecule has 0 fully saturated rings. The van der Waals surface area contributed by atoms with Crippen LogP contribution in [0.25, 0.3) is 0 Å². The van der Waals surface area contributed by atoms with Crippen LogP contribution in [0.1, 0.15) is 23.4 Å². The highest BCUT2D eigenvalue weighted by Gasteiger charge is 2.18. The number of rotatable bonds is 4. The van der Waals surface area contributed by atoms with E-state index < -0.39 is 0 Å². The Morgan fingerprint density at radius 2 is 2.06 bits per heavy atom. The molecule has 18 heavy (non-hydrogen) atoms. The van der Waals surface area contributed by atoms with Crippen LogP contribution in [0.4, 0.5) is 0 Å². The average molecular weight is 410 g/mol. The lowest BCUT2D eigenvalue weighted by Gasteiger charge is -2.18. The Labute approximate surface area is 133 Å². The largest absolute Gasteiger partial charge is 0.306 e. The van der Waals surface area contributed by atoms with E-state index in [0.717, 1.165) is 19.8 Å². The van der Waals surface area contributed by atoms with Crippen LogP contribution in [-0.2, 0) is 0 Å². The van der Waals surface area contributed by atoms with E-state index in [0.29, 0.717) is 0 Å². The van der Waals surface area contributed by atoms with Crippen molar-refractivity contribution in [3.63, 3.8) is 0 Å². The van der Waals surface area contributed by atoms with E-state index in [4.69, 9.17) is 11.6 Å². The topological polar surface area (TPSA) is 12.0 Å². The van der Waals surface area contributed by atoms with Crippen molar-refractivity contribution in [3.8, 4) is 0 Å². The summed E-state index contributed by atoms with van der Waals surface area (Å²) < 4.78 is 2.21. The van der Waals surface area contributed by atoms with E-state index in [9.17, 15) is 0 Å². The van der Waals surface area contributed by atoms with Gasteiger partial charge in [0, 0.05) is 14.4 Å². The predicted octanol–water partition coefficient (Wildman–Crippen LogP) is 5.63. The van der Waals surface area contributed by atoms with Crippen LogP contribution in [0, 0.1) is 0 Å². The van der Waals surface area contributed by atoms with Gasteiger partial charge in [0.1, 0.15) is 0 Å². The van der Waals surface area contributed by atoms with Crippen molar-refractivity contribution in [1.29, 1.82) is 0 Å². The molecule has 0 radical (unpaired) electrons. The zero-order chi connectivity index (χ0) is 13.1. The summed E-state index contributed by atoms with van der Waals surface area (Å²) in [6, 6.07) is 10.3. The van der Waals surface area contributed by atoms with E-state index in [1.807, 2.05) is 18.2 Å². The van der Waals surface area contributed by atoms with Gasteiger partial charge in [0.05, 0.1) is 9.83 Å². The molecule has 1 nitrogen and oxygen atoms in total. The molecule has 0 aliphatic heterocycles. The van der Waals surface area contributed by atoms with Gasteiger partial charge in [-0.25, -0.2) is 0 Å². The van der Waals surface area contributed by atoms with Crippen LogP contribution in [0.15, 0.2) is 38.6 Å². The molecule has 1 unspecified atom stereocenters. The van der Waals surface area contributed by atoms with Gasteiger partial charge in [-0.15, -0.1) is 11.3 Å². The summed E-state index contributed by atoms with van der Waals surface area (Å²) in [7, 11) is 0. The average Bonchev–Trinajstić information content (AvgIpc) is 2.76. The quantitative estimate of drug-likeness (QED) is 0.690. The smallest absolute Gasteiger partial charge is 0.0702 e. The second-order valence-corrected chi connectivity index (χ2v) is 7.58. The van der Waals surface area contributed by atoms with Crippen molar-refractivity contribution in [3.05, 3.63) is 54.1 Å². The van der Waals surface area contributed by atoms with Crippen molar-refractivity contribution in [2.75, 3.05) is 6.54 Å². The van der Waals surface area contributed by atoms with Crippen LogP contribution >= 0.6 is 54.8 Å². The van der Waals surface area contributed by atoms with E-state index in [2.05, 4.69) is 56.2 Å². The molecule has 0 saturated carbocycles. The van der Waals surface area contributed by atoms with Gasteiger partial charge in [-0.1, -0.05) is 34.5 Å². The molecule has 0 aliphatic rings. The summed E-state index contributed by atoms with van der Waals surface area (Å²) in [5.74, 6) is 0. The van der Waals surface area contributed by atoms with Crippen molar-refractivity contribution >= 4 is 54.8 Å². The lowest BCUT2D eigenvalue weighted by atomic mass is 10.1. The molecule has 2 rings (SSSR count). The van der Waals surface area contributed by atoms with E-state index in [1.54, 1.807) is 11.3 Å². The fraction of sp³-hybridized carbons (Fsp3) is 0.231. The fourth-order valence-corrected chi connectivity index (χ4v) is 3.96. The summed E-state index contributed by atoms with van der Waals surface area (Å²) in [5, 5.41) is 4.25. The maximum absolute atomic E-state index is 6.10. The van der Waals surface area contributed by atoms with Crippen molar-refractivity contribution < 1.29 is 0 Å². The van der Waals surface area contributed by atoms with Gasteiger partial charge in [-0.2, -0.15) is 0 Å². The highest BCUT2D eigenvalue weighted by atomic mass is 79.9. The Hall–Kier alpha value is 0.130. The summed E-state index contributed by atoms with van der Waals surface area (Å²) in [5.41, 5.74) is 1.17. The van der Waals surface area contributed by atoms with Crippen LogP contribution in [-0.4, -0.2) is 6.54 Å². The number of hydrogen-bond acceptors (Lipinski definition) is 2. The monoisotopic (exact) mass is 407 g/mol. The Bertz CT molecular complexity index is 542. The second-order valence-electron chi connectivity index (χ2n) is 3.80. The molecule has 0 bridgehead atoms. The molecule has 0 spiro atoms. The lowest BCUT2D eigenvalue weighted by molar-refractivity contribution is 0.637. The molecule has 5 heteroatoms. The Morgan fingerprint density at radius 3 is 2.67 bits per heavy atom. The highest BCUT2D eigenvalue weighted by Crippen LogP contribution is 2.35. The minimum Gasteiger partial charge on any atom is -0.306 e. The van der Waals surface area contributed by atoms with Gasteiger partial charge in [0.2, 0.25) is 0 Å². The third kappa shape index (κ3) is 3.36. The standard InChI is InChI=1S/C13H12Br2ClNS/c1-2-17-13(11-5-6-12(15)18-11)9-7-8(16)3-4-10(9)14/h3-7,13,17H,2H2,1H3. The maximum atomic E-state index is 6.10. The molecule has 1 aromatic carbocycles. The summed E-state index contributed by atoms with van der Waals surface area (Å²) >= 11 is 14.9. The first-order valence-electron chi connectivity index (χ1n) is 5.55. The molecule has 1 N–H and O–H groups in total. The first kappa shape index (κ1) is 14.5. The zero-order valence-corrected chi connectivity index (χ0v) is 14.5. The minimum atomic E-state index is 0.166. The number of thiophene rings is 1. The highest BCUT2D eigenvalue weighted by molar-refractivity contribution is 9.11. The van der Waals surface area contributed by atoms with E-state index in [1.165, 1.54) is 10.4 Å². The normalized spacial score (nSPS) is 12.7. The van der Waals surface area contributed by atoms with Gasteiger partial charge in [0.25, 0.3) is 0 Å². The Balaban J connectivity index is 2.44. The van der Waals surface area contributed by atoms with Gasteiger partial charge >= 0.3 is 0 Å². The van der Waals surface area contributed by atoms with Gasteiger partial charge in [-0.3, -0.25) is 0 Å². The van der Waals surface area contributed by atoms with Crippen molar-refractivity contribution in [1.82, 2.24) is 5.32 Å². The number of nitrogens with one attached hydrogen (secondary N) is 1. The van der Waals surface area contributed by atoms with Crippen molar-refractivity contribution in [2.24, 2.45) is 0 Å². The van der Waals surface area contributed by atoms with Gasteiger partial charge < -0.3 is 5.32 Å². The third-order valence-electron chi connectivity index (χ3n) is 2.56. The third-order valence-corrected chi connectivity index (χ3v) is 5.20. The van der Waals surface area contributed by atoms with Crippen LogP contribution in [0.2, 0.25) is 5.02 Å². The fourth-order valence-electron chi connectivity index (χ4n) is 1.79. The first-order chi connectivity index (χ1) is 8.61. The summed E-state index contributed by atoms with van der Waals surface area (Å²) in [6.45, 7) is 3.01. The molecular formula is C13H12Br2ClNS. The molecule has 0 saturated heterocycles. The number of hydrogen-bond donors (Lipinski definition) is 1. The first-order valence-corrected chi connectivity index (χ1v) is 8.33. The van der Waals surface area contributed by atoms with E-state index in [-0.39, 0.29) is 6.04 Å². The van der Waals surface area contributed by atoms with Crippen LogP contribution < -0.4 is 5.32 Å². The Kier molecular flexibility index (Phi) is 5.27. The molecule has 96 valence electrons. The molecular weight excluding hydrogens is 397 g/mol. The van der Waals surface area contributed by atoms with Gasteiger partial charge in [0.15, 0.2) is 0 Å². The van der Waals surface area contributed by atoms with Crippen molar-refractivity contribution in [2.45, 2.75) is 13.0 Å². The molecule has 1 atom stereocenters. The maximum Gasteiger partial charge on any atom is 0.0702 e. The Morgan fingerprint density at radius 1 is 1.28 bits per heavy atom. The molecule has 1 aromatic heterocycles. The molecule has 0 aliphatic carbocycles. The number of halogens is 3. The minimum absolute atomic E-state index is 0.166. The second kappa shape index (κ2) is 6.53. The number of benzene rings is 1. The SMILES string of the molecule is CCNC(c1ccc(Br)s1)c1cc(Cl)ccc1Br. The van der Waals surface area contributed by atoms with Crippen LogP contribution in [0.3, 0.4) is 0 Å². The van der Waals surface area contributed by atoms with Crippen LogP contribution in [0.5, 0.6) is 0 Å². The summed E-state index contributed by atoms with van der Waals surface area (Å²) in [6.07, 6.45) is 0. The van der Waals surface area contributed by atoms with E-state index >= 15 is 0 Å². The predicted molar refractivity (Wildman–Crippen MR) is 86.7 cm³/mol. The molecule has 2 aromatic rings.